The smallest absolute Gasteiger partial charge is 0.129 e. The van der Waals surface area contributed by atoms with Crippen LogP contribution in [-0.2, 0) is 0 Å². The molecule has 0 aromatic carbocycles. The summed E-state index contributed by atoms with van der Waals surface area (Å²) < 4.78 is 0. The molecule has 70 valence electrons. The number of aromatic nitrogens is 1. The van der Waals surface area contributed by atoms with Gasteiger partial charge in [0.1, 0.15) is 5.15 Å². The molecule has 1 rings (SSSR count). The minimum Gasteiger partial charge on any atom is -0.324 e. The summed E-state index contributed by atoms with van der Waals surface area (Å²) in [6.45, 7) is 5.54. The normalized spacial score (nSPS) is 12.5. The highest BCUT2D eigenvalue weighted by Crippen LogP contribution is 2.18. The highest BCUT2D eigenvalue weighted by Gasteiger charge is 2.05. The Bertz CT molecular complexity index is 290. The Kier molecular flexibility index (Phi) is 3.46. The Labute approximate surface area is 83.4 Å². The second-order valence-corrected chi connectivity index (χ2v) is 3.38. The zero-order chi connectivity index (χ0) is 9.84. The van der Waals surface area contributed by atoms with Gasteiger partial charge in [-0.1, -0.05) is 17.7 Å². The van der Waals surface area contributed by atoms with Crippen LogP contribution in [0.15, 0.2) is 24.8 Å². The Hall–Kier alpha value is -0.860. The Morgan fingerprint density at radius 1 is 1.69 bits per heavy atom. The number of hydrogen-bond acceptors (Lipinski definition) is 2. The molecule has 1 atom stereocenters. The van der Waals surface area contributed by atoms with Crippen molar-refractivity contribution < 1.29 is 0 Å². The van der Waals surface area contributed by atoms with Gasteiger partial charge in [0.05, 0.1) is 0 Å². The summed E-state index contributed by atoms with van der Waals surface area (Å²) >= 11 is 5.80. The van der Waals surface area contributed by atoms with Crippen molar-refractivity contribution in [2.75, 3.05) is 0 Å². The Morgan fingerprint density at radius 2 is 2.38 bits per heavy atom. The van der Waals surface area contributed by atoms with E-state index in [1.165, 1.54) is 0 Å². The van der Waals surface area contributed by atoms with E-state index in [-0.39, 0.29) is 6.04 Å². The van der Waals surface area contributed by atoms with Crippen LogP contribution in [0.4, 0.5) is 0 Å². The van der Waals surface area contributed by atoms with E-state index in [1.54, 1.807) is 12.1 Å². The number of halogens is 1. The Balaban J connectivity index is 2.93. The van der Waals surface area contributed by atoms with E-state index in [1.807, 2.05) is 13.0 Å². The van der Waals surface area contributed by atoms with Crippen LogP contribution >= 0.6 is 11.6 Å². The lowest BCUT2D eigenvalue weighted by molar-refractivity contribution is 0.738. The molecule has 3 heteroatoms. The van der Waals surface area contributed by atoms with Crippen molar-refractivity contribution >= 4 is 11.6 Å². The van der Waals surface area contributed by atoms with Gasteiger partial charge in [-0.25, -0.2) is 4.98 Å². The molecule has 1 aromatic rings. The van der Waals surface area contributed by atoms with E-state index in [2.05, 4.69) is 11.6 Å². The van der Waals surface area contributed by atoms with E-state index in [0.29, 0.717) is 5.15 Å². The molecule has 0 bridgehead atoms. The molecule has 13 heavy (non-hydrogen) atoms. The lowest BCUT2D eigenvalue weighted by Gasteiger charge is -2.10. The van der Waals surface area contributed by atoms with Crippen LogP contribution in [0.5, 0.6) is 0 Å². The fourth-order valence-electron chi connectivity index (χ4n) is 1.18. The van der Waals surface area contributed by atoms with Gasteiger partial charge in [-0.15, -0.1) is 6.58 Å². The van der Waals surface area contributed by atoms with Crippen molar-refractivity contribution in [2.45, 2.75) is 19.4 Å². The summed E-state index contributed by atoms with van der Waals surface area (Å²) in [4.78, 5) is 4.06. The van der Waals surface area contributed by atoms with Crippen molar-refractivity contribution in [2.24, 2.45) is 5.73 Å². The van der Waals surface area contributed by atoms with Crippen molar-refractivity contribution in [3.63, 3.8) is 0 Å². The maximum atomic E-state index is 5.89. The van der Waals surface area contributed by atoms with Gasteiger partial charge in [0.2, 0.25) is 0 Å². The van der Waals surface area contributed by atoms with Crippen molar-refractivity contribution in [1.82, 2.24) is 4.98 Å². The maximum Gasteiger partial charge on any atom is 0.129 e. The van der Waals surface area contributed by atoms with Gasteiger partial charge in [0.25, 0.3) is 0 Å². The monoisotopic (exact) mass is 196 g/mol. The first kappa shape index (κ1) is 10.2. The lowest BCUT2D eigenvalue weighted by Crippen LogP contribution is -2.09. The number of pyridine rings is 1. The van der Waals surface area contributed by atoms with Crippen LogP contribution in [0.2, 0.25) is 5.15 Å². The second kappa shape index (κ2) is 4.40. The van der Waals surface area contributed by atoms with Gasteiger partial charge in [-0.3, -0.25) is 0 Å². The summed E-state index contributed by atoms with van der Waals surface area (Å²) in [5.41, 5.74) is 7.79. The van der Waals surface area contributed by atoms with Gasteiger partial charge >= 0.3 is 0 Å². The largest absolute Gasteiger partial charge is 0.324 e. The summed E-state index contributed by atoms with van der Waals surface area (Å²) in [7, 11) is 0. The van der Waals surface area contributed by atoms with Crippen LogP contribution < -0.4 is 5.73 Å². The zero-order valence-electron chi connectivity index (χ0n) is 7.63. The second-order valence-electron chi connectivity index (χ2n) is 3.00. The fraction of sp³-hybridized carbons (Fsp3) is 0.300. The molecule has 0 radical (unpaired) electrons. The van der Waals surface area contributed by atoms with Gasteiger partial charge < -0.3 is 5.73 Å². The molecule has 0 amide bonds. The summed E-state index contributed by atoms with van der Waals surface area (Å²) in [6, 6.07) is 3.71. The molecular formula is C10H13ClN2. The van der Waals surface area contributed by atoms with Crippen LogP contribution in [0, 0.1) is 6.92 Å². The molecule has 1 unspecified atom stereocenters. The quantitative estimate of drug-likeness (QED) is 0.596. The zero-order valence-corrected chi connectivity index (χ0v) is 8.38. The third-order valence-electron chi connectivity index (χ3n) is 1.79. The lowest BCUT2D eigenvalue weighted by atomic mass is 10.1. The van der Waals surface area contributed by atoms with E-state index >= 15 is 0 Å². The molecule has 2 N–H and O–H groups in total. The van der Waals surface area contributed by atoms with Crippen LogP contribution in [0.1, 0.15) is 23.7 Å². The third kappa shape index (κ3) is 2.83. The molecule has 0 aliphatic carbocycles. The van der Waals surface area contributed by atoms with E-state index in [0.717, 1.165) is 17.7 Å². The van der Waals surface area contributed by atoms with E-state index in [9.17, 15) is 0 Å². The van der Waals surface area contributed by atoms with Crippen molar-refractivity contribution in [3.05, 3.63) is 41.2 Å². The summed E-state index contributed by atoms with van der Waals surface area (Å²) in [6.07, 6.45) is 2.55. The standard InChI is InChI=1S/C10H13ClN2/c1-3-4-9(12)8-5-7(2)13-10(11)6-8/h3,5-6,9H,1,4,12H2,2H3. The molecule has 0 aliphatic heterocycles. The highest BCUT2D eigenvalue weighted by atomic mass is 35.5. The number of nitrogens with two attached hydrogens (primary N) is 1. The van der Waals surface area contributed by atoms with Crippen molar-refractivity contribution in [3.8, 4) is 0 Å². The first-order valence-electron chi connectivity index (χ1n) is 4.14. The summed E-state index contributed by atoms with van der Waals surface area (Å²) in [5, 5.41) is 0.495. The number of aryl methyl sites for hydroxylation is 1. The van der Waals surface area contributed by atoms with Crippen LogP contribution in [0.3, 0.4) is 0 Å². The van der Waals surface area contributed by atoms with Gasteiger partial charge in [0.15, 0.2) is 0 Å². The predicted octanol–water partition coefficient (Wildman–Crippen LogP) is 2.62. The SMILES string of the molecule is C=CCC(N)c1cc(C)nc(Cl)c1. The average molecular weight is 197 g/mol. The first-order chi connectivity index (χ1) is 6.13. The highest BCUT2D eigenvalue weighted by molar-refractivity contribution is 6.29. The minimum absolute atomic E-state index is 0.0308. The molecule has 0 saturated carbocycles. The van der Waals surface area contributed by atoms with E-state index in [4.69, 9.17) is 17.3 Å². The predicted molar refractivity (Wildman–Crippen MR) is 55.7 cm³/mol. The average Bonchev–Trinajstić information content (AvgIpc) is 2.03. The Morgan fingerprint density at radius 3 is 2.92 bits per heavy atom. The number of hydrogen-bond donors (Lipinski definition) is 1. The topological polar surface area (TPSA) is 38.9 Å². The summed E-state index contributed by atoms with van der Waals surface area (Å²) in [5.74, 6) is 0. The number of nitrogens with zero attached hydrogens (tertiary/aromatic N) is 1. The third-order valence-corrected chi connectivity index (χ3v) is 1.99. The van der Waals surface area contributed by atoms with E-state index < -0.39 is 0 Å². The van der Waals surface area contributed by atoms with Crippen LogP contribution in [0.25, 0.3) is 0 Å². The van der Waals surface area contributed by atoms with Crippen LogP contribution in [-0.4, -0.2) is 4.98 Å². The van der Waals surface area contributed by atoms with Gasteiger partial charge in [-0.2, -0.15) is 0 Å². The van der Waals surface area contributed by atoms with Crippen molar-refractivity contribution in [1.29, 1.82) is 0 Å². The fourth-order valence-corrected chi connectivity index (χ4v) is 1.44. The molecule has 2 nitrogen and oxygen atoms in total. The molecule has 0 saturated heterocycles. The molecule has 0 aliphatic rings. The minimum atomic E-state index is -0.0308. The maximum absolute atomic E-state index is 5.89. The van der Waals surface area contributed by atoms with Gasteiger partial charge in [0, 0.05) is 11.7 Å². The molecule has 1 heterocycles. The molecule has 0 spiro atoms. The van der Waals surface area contributed by atoms with Gasteiger partial charge in [-0.05, 0) is 31.0 Å². The molecule has 0 fully saturated rings. The first-order valence-corrected chi connectivity index (χ1v) is 4.52. The molecular weight excluding hydrogens is 184 g/mol. The number of rotatable bonds is 3. The molecule has 1 aromatic heterocycles.